The van der Waals surface area contributed by atoms with E-state index in [2.05, 4.69) is 14.9 Å². The van der Waals surface area contributed by atoms with Crippen LogP contribution in [0.5, 0.6) is 0 Å². The highest BCUT2D eigenvalue weighted by Crippen LogP contribution is 2.50. The van der Waals surface area contributed by atoms with E-state index in [0.717, 1.165) is 0 Å². The Morgan fingerprint density at radius 3 is 2.58 bits per heavy atom. The van der Waals surface area contributed by atoms with Gasteiger partial charge in [-0.15, -0.1) is 0 Å². The Bertz CT molecular complexity index is 881. The first-order valence-corrected chi connectivity index (χ1v) is 11.5. The highest BCUT2D eigenvalue weighted by molar-refractivity contribution is 7.89. The molecule has 1 saturated heterocycles. The van der Waals surface area contributed by atoms with E-state index < -0.39 is 25.6 Å². The van der Waals surface area contributed by atoms with Gasteiger partial charge in [-0.2, -0.15) is 22.0 Å². The first kappa shape index (κ1) is 19.7. The van der Waals surface area contributed by atoms with Crippen molar-refractivity contribution in [3.8, 4) is 0 Å². The fourth-order valence-corrected chi connectivity index (χ4v) is 6.07. The molecule has 1 aromatic heterocycles. The molecule has 2 heterocycles. The molecule has 148 valence electrons. The van der Waals surface area contributed by atoms with Crippen molar-refractivity contribution in [3.63, 3.8) is 0 Å². The van der Waals surface area contributed by atoms with Gasteiger partial charge in [0.05, 0.1) is 11.2 Å². The van der Waals surface area contributed by atoms with E-state index in [1.807, 2.05) is 0 Å². The lowest BCUT2D eigenvalue weighted by molar-refractivity contribution is 0.258. The number of nitrogens with one attached hydrogen (secondary N) is 1. The van der Waals surface area contributed by atoms with Crippen molar-refractivity contribution in [2.75, 3.05) is 32.9 Å². The largest absolute Gasteiger partial charge is 0.339 e. The Hall–Kier alpha value is -1.08. The zero-order chi connectivity index (χ0) is 19.3. The van der Waals surface area contributed by atoms with Gasteiger partial charge in [-0.05, 0) is 32.6 Å². The van der Waals surface area contributed by atoms with Crippen molar-refractivity contribution in [1.82, 2.24) is 23.5 Å². The van der Waals surface area contributed by atoms with Crippen molar-refractivity contribution in [1.29, 1.82) is 0 Å². The standard InChI is InChI=1S/C14H25N5O5S2/c1-5-25(20,21)17-12-6-11-8-19(26(22,23)18(3)4)9-14(11,7-12)13-15-10(2)16-24-13/h11-12,17H,5-9H2,1-4H3/t11-,12+,14-/m0/s1. The highest BCUT2D eigenvalue weighted by atomic mass is 32.2. The number of fused-ring (bicyclic) bond motifs is 1. The fraction of sp³-hybridized carbons (Fsp3) is 0.857. The molecule has 0 unspecified atom stereocenters. The summed E-state index contributed by atoms with van der Waals surface area (Å²) in [7, 11) is -3.94. The summed E-state index contributed by atoms with van der Waals surface area (Å²) in [5.74, 6) is 0.762. The molecule has 0 amide bonds. The first-order chi connectivity index (χ1) is 12.0. The third-order valence-corrected chi connectivity index (χ3v) is 8.62. The number of aromatic nitrogens is 2. The van der Waals surface area contributed by atoms with Crippen LogP contribution in [0, 0.1) is 12.8 Å². The molecule has 26 heavy (non-hydrogen) atoms. The molecule has 1 aliphatic carbocycles. The summed E-state index contributed by atoms with van der Waals surface area (Å²) in [6.45, 7) is 3.78. The quantitative estimate of drug-likeness (QED) is 0.671. The minimum absolute atomic E-state index is 0.00195. The maximum absolute atomic E-state index is 12.6. The molecule has 0 spiro atoms. The molecule has 0 bridgehead atoms. The van der Waals surface area contributed by atoms with E-state index in [-0.39, 0.29) is 24.3 Å². The van der Waals surface area contributed by atoms with Crippen LogP contribution >= 0.6 is 0 Å². The average Bonchev–Trinajstić information content (AvgIpc) is 3.19. The lowest BCUT2D eigenvalue weighted by atomic mass is 9.80. The van der Waals surface area contributed by atoms with E-state index in [1.54, 1.807) is 13.8 Å². The minimum Gasteiger partial charge on any atom is -0.339 e. The lowest BCUT2D eigenvalue weighted by Gasteiger charge is -2.26. The molecule has 10 nitrogen and oxygen atoms in total. The molecule has 1 N–H and O–H groups in total. The molecule has 3 atom stereocenters. The maximum Gasteiger partial charge on any atom is 0.281 e. The van der Waals surface area contributed by atoms with Gasteiger partial charge in [-0.25, -0.2) is 13.1 Å². The zero-order valence-electron chi connectivity index (χ0n) is 15.3. The van der Waals surface area contributed by atoms with Crippen LogP contribution in [0.1, 0.15) is 31.5 Å². The van der Waals surface area contributed by atoms with Gasteiger partial charge in [-0.1, -0.05) is 5.16 Å². The second kappa shape index (κ2) is 6.51. The molecule has 2 fully saturated rings. The van der Waals surface area contributed by atoms with Crippen molar-refractivity contribution >= 4 is 20.2 Å². The summed E-state index contributed by atoms with van der Waals surface area (Å²) >= 11 is 0. The van der Waals surface area contributed by atoms with Gasteiger partial charge in [0.2, 0.25) is 15.9 Å². The van der Waals surface area contributed by atoms with Crippen LogP contribution in [0.3, 0.4) is 0 Å². The molecular formula is C14H25N5O5S2. The van der Waals surface area contributed by atoms with Crippen LogP contribution in [0.2, 0.25) is 0 Å². The van der Waals surface area contributed by atoms with Crippen LogP contribution in [0.4, 0.5) is 0 Å². The van der Waals surface area contributed by atoms with Gasteiger partial charge in [0.15, 0.2) is 5.82 Å². The predicted molar refractivity (Wildman–Crippen MR) is 94.0 cm³/mol. The number of aryl methyl sites for hydroxylation is 1. The smallest absolute Gasteiger partial charge is 0.281 e. The summed E-state index contributed by atoms with van der Waals surface area (Å²) in [4.78, 5) is 4.35. The monoisotopic (exact) mass is 407 g/mol. The third-order valence-electron chi connectivity index (χ3n) is 5.31. The molecule has 0 aromatic carbocycles. The van der Waals surface area contributed by atoms with Crippen molar-refractivity contribution in [2.24, 2.45) is 5.92 Å². The van der Waals surface area contributed by atoms with E-state index >= 15 is 0 Å². The van der Waals surface area contributed by atoms with Crippen molar-refractivity contribution < 1.29 is 21.4 Å². The van der Waals surface area contributed by atoms with Gasteiger partial charge in [-0.3, -0.25) is 0 Å². The fourth-order valence-electron chi connectivity index (χ4n) is 3.99. The van der Waals surface area contributed by atoms with Crippen LogP contribution in [0.15, 0.2) is 4.52 Å². The number of sulfonamides is 1. The Morgan fingerprint density at radius 2 is 2.04 bits per heavy atom. The lowest BCUT2D eigenvalue weighted by Crippen LogP contribution is -2.43. The summed E-state index contributed by atoms with van der Waals surface area (Å²) < 4.78 is 59.8. The second-order valence-corrected chi connectivity index (χ2v) is 11.4. The molecular weight excluding hydrogens is 382 g/mol. The van der Waals surface area contributed by atoms with Crippen LogP contribution in [0.25, 0.3) is 0 Å². The highest BCUT2D eigenvalue weighted by Gasteiger charge is 2.59. The number of hydrogen-bond donors (Lipinski definition) is 1. The SMILES string of the molecule is CCS(=O)(=O)N[C@@H]1C[C@H]2CN(S(=O)(=O)N(C)C)C[C@@]2(c2nc(C)no2)C1. The Kier molecular flexibility index (Phi) is 4.93. The van der Waals surface area contributed by atoms with E-state index in [4.69, 9.17) is 4.52 Å². The molecule has 12 heteroatoms. The minimum atomic E-state index is -3.58. The van der Waals surface area contributed by atoms with Gasteiger partial charge < -0.3 is 4.52 Å². The van der Waals surface area contributed by atoms with Crippen molar-refractivity contribution in [3.05, 3.63) is 11.7 Å². The summed E-state index contributed by atoms with van der Waals surface area (Å²) in [5.41, 5.74) is -0.675. The number of rotatable bonds is 6. The first-order valence-electron chi connectivity index (χ1n) is 8.48. The average molecular weight is 408 g/mol. The molecule has 1 aromatic rings. The third kappa shape index (κ3) is 3.28. The van der Waals surface area contributed by atoms with Crippen LogP contribution in [-0.2, 0) is 25.6 Å². The summed E-state index contributed by atoms with van der Waals surface area (Å²) in [6, 6.07) is -0.277. The predicted octanol–water partition coefficient (Wildman–Crippen LogP) is -0.544. The summed E-state index contributed by atoms with van der Waals surface area (Å²) in [5, 5.41) is 3.85. The topological polar surface area (TPSA) is 126 Å². The molecule has 1 aliphatic heterocycles. The maximum atomic E-state index is 12.6. The van der Waals surface area contributed by atoms with Crippen LogP contribution < -0.4 is 4.72 Å². The second-order valence-electron chi connectivity index (χ2n) is 7.24. The van der Waals surface area contributed by atoms with E-state index in [0.29, 0.717) is 31.1 Å². The summed E-state index contributed by atoms with van der Waals surface area (Å²) in [6.07, 6.45) is 0.956. The van der Waals surface area contributed by atoms with Gasteiger partial charge in [0, 0.05) is 33.2 Å². The number of hydrogen-bond acceptors (Lipinski definition) is 7. The zero-order valence-corrected chi connectivity index (χ0v) is 17.0. The molecule has 3 rings (SSSR count). The molecule has 1 saturated carbocycles. The van der Waals surface area contributed by atoms with Crippen molar-refractivity contribution in [2.45, 2.75) is 38.1 Å². The molecule has 0 radical (unpaired) electrons. The Morgan fingerprint density at radius 1 is 1.35 bits per heavy atom. The Balaban J connectivity index is 1.93. The normalized spacial score (nSPS) is 30.2. The van der Waals surface area contributed by atoms with E-state index in [1.165, 1.54) is 22.7 Å². The van der Waals surface area contributed by atoms with E-state index in [9.17, 15) is 16.8 Å². The Labute approximate surface area is 154 Å². The van der Waals surface area contributed by atoms with Crippen LogP contribution in [-0.4, -0.2) is 74.6 Å². The number of nitrogens with zero attached hydrogens (tertiary/aromatic N) is 4. The van der Waals surface area contributed by atoms with Gasteiger partial charge >= 0.3 is 0 Å². The van der Waals surface area contributed by atoms with Gasteiger partial charge in [0.1, 0.15) is 0 Å². The molecule has 2 aliphatic rings. The van der Waals surface area contributed by atoms with Gasteiger partial charge in [0.25, 0.3) is 10.2 Å².